The number of benzene rings is 1. The van der Waals surface area contributed by atoms with Crippen LogP contribution in [0.2, 0.25) is 0 Å². The smallest absolute Gasteiger partial charge is 0.123 e. The molecule has 0 saturated heterocycles. The monoisotopic (exact) mass is 238 g/mol. The van der Waals surface area contributed by atoms with Gasteiger partial charge in [0.25, 0.3) is 0 Å². The fourth-order valence-electron chi connectivity index (χ4n) is 1.68. The highest BCUT2D eigenvalue weighted by Crippen LogP contribution is 2.06. The molecule has 3 N–H and O–H groups in total. The number of rotatable bonds is 7. The summed E-state index contributed by atoms with van der Waals surface area (Å²) < 4.78 is 12.7. The summed E-state index contributed by atoms with van der Waals surface area (Å²) in [6.07, 6.45) is 3.05. The van der Waals surface area contributed by atoms with Gasteiger partial charge in [0, 0.05) is 5.54 Å². The van der Waals surface area contributed by atoms with Crippen molar-refractivity contribution in [2.24, 2.45) is 5.73 Å². The summed E-state index contributed by atoms with van der Waals surface area (Å²) >= 11 is 0. The minimum absolute atomic E-state index is 0.0708. The van der Waals surface area contributed by atoms with Gasteiger partial charge in [-0.15, -0.1) is 0 Å². The van der Waals surface area contributed by atoms with E-state index in [1.807, 2.05) is 26.0 Å². The summed E-state index contributed by atoms with van der Waals surface area (Å²) in [5.41, 5.74) is 6.99. The van der Waals surface area contributed by atoms with Crippen LogP contribution in [0.15, 0.2) is 24.3 Å². The van der Waals surface area contributed by atoms with E-state index in [0.29, 0.717) is 0 Å². The first-order valence-electron chi connectivity index (χ1n) is 6.21. The fourth-order valence-corrected chi connectivity index (χ4v) is 1.68. The van der Waals surface area contributed by atoms with Crippen LogP contribution in [0, 0.1) is 5.82 Å². The van der Waals surface area contributed by atoms with E-state index in [4.69, 9.17) is 5.73 Å². The van der Waals surface area contributed by atoms with E-state index in [-0.39, 0.29) is 11.4 Å². The Labute approximate surface area is 103 Å². The fraction of sp³-hybridized carbons (Fsp3) is 0.571. The second kappa shape index (κ2) is 6.72. The van der Waals surface area contributed by atoms with Crippen LogP contribution in [-0.2, 0) is 6.42 Å². The highest BCUT2D eigenvalue weighted by Gasteiger charge is 2.08. The molecule has 0 aliphatic heterocycles. The molecule has 1 rings (SSSR count). The second-order valence-electron chi connectivity index (χ2n) is 5.22. The van der Waals surface area contributed by atoms with Crippen LogP contribution in [0.5, 0.6) is 0 Å². The summed E-state index contributed by atoms with van der Waals surface area (Å²) in [6.45, 7) is 6.01. The third kappa shape index (κ3) is 7.08. The molecule has 0 saturated carbocycles. The third-order valence-electron chi connectivity index (χ3n) is 2.68. The molecule has 0 heterocycles. The summed E-state index contributed by atoms with van der Waals surface area (Å²) in [5.74, 6) is -0.174. The first kappa shape index (κ1) is 14.1. The number of nitrogens with one attached hydrogen (secondary N) is 1. The van der Waals surface area contributed by atoms with E-state index in [2.05, 4.69) is 5.32 Å². The first-order chi connectivity index (χ1) is 7.97. The molecule has 96 valence electrons. The van der Waals surface area contributed by atoms with E-state index >= 15 is 0 Å². The molecule has 0 aromatic heterocycles. The third-order valence-corrected chi connectivity index (χ3v) is 2.68. The van der Waals surface area contributed by atoms with Crippen LogP contribution in [0.1, 0.15) is 32.3 Å². The number of halogens is 1. The van der Waals surface area contributed by atoms with Gasteiger partial charge in [-0.05, 0) is 63.9 Å². The molecular formula is C14H23FN2. The van der Waals surface area contributed by atoms with Crippen LogP contribution in [-0.4, -0.2) is 18.6 Å². The Morgan fingerprint density at radius 2 is 1.82 bits per heavy atom. The summed E-state index contributed by atoms with van der Waals surface area (Å²) in [4.78, 5) is 0. The quantitative estimate of drug-likeness (QED) is 0.716. The predicted molar refractivity (Wildman–Crippen MR) is 70.5 cm³/mol. The van der Waals surface area contributed by atoms with Crippen molar-refractivity contribution in [3.63, 3.8) is 0 Å². The van der Waals surface area contributed by atoms with Gasteiger partial charge in [-0.3, -0.25) is 0 Å². The average Bonchev–Trinajstić information content (AvgIpc) is 2.24. The molecule has 1 aromatic rings. The van der Waals surface area contributed by atoms with Gasteiger partial charge in [0.05, 0.1) is 0 Å². The summed E-state index contributed by atoms with van der Waals surface area (Å²) in [6, 6.07) is 6.68. The first-order valence-corrected chi connectivity index (χ1v) is 6.21. The second-order valence-corrected chi connectivity index (χ2v) is 5.22. The van der Waals surface area contributed by atoms with E-state index in [9.17, 15) is 4.39 Å². The van der Waals surface area contributed by atoms with Crippen LogP contribution in [0.3, 0.4) is 0 Å². The molecule has 17 heavy (non-hydrogen) atoms. The van der Waals surface area contributed by atoms with Crippen LogP contribution < -0.4 is 11.1 Å². The average molecular weight is 238 g/mol. The molecule has 0 atom stereocenters. The van der Waals surface area contributed by atoms with E-state index < -0.39 is 0 Å². The van der Waals surface area contributed by atoms with Gasteiger partial charge in [-0.2, -0.15) is 0 Å². The molecule has 0 spiro atoms. The lowest BCUT2D eigenvalue weighted by Gasteiger charge is -2.17. The van der Waals surface area contributed by atoms with Gasteiger partial charge in [0.15, 0.2) is 0 Å². The lowest BCUT2D eigenvalue weighted by Crippen LogP contribution is -2.33. The Morgan fingerprint density at radius 3 is 2.41 bits per heavy atom. The van der Waals surface area contributed by atoms with Gasteiger partial charge < -0.3 is 11.1 Å². The SMILES string of the molecule is CC(C)(N)CCCNCCc1ccc(F)cc1. The maximum atomic E-state index is 12.7. The minimum atomic E-state index is -0.174. The van der Waals surface area contributed by atoms with Crippen molar-refractivity contribution in [3.8, 4) is 0 Å². The molecule has 2 nitrogen and oxygen atoms in total. The molecule has 0 unspecified atom stereocenters. The molecule has 0 bridgehead atoms. The Balaban J connectivity index is 2.07. The van der Waals surface area contributed by atoms with Crippen molar-refractivity contribution >= 4 is 0 Å². The maximum Gasteiger partial charge on any atom is 0.123 e. The van der Waals surface area contributed by atoms with E-state index in [0.717, 1.165) is 37.9 Å². The Hall–Kier alpha value is -0.930. The Kier molecular flexibility index (Phi) is 5.59. The van der Waals surface area contributed by atoms with Gasteiger partial charge in [-0.25, -0.2) is 4.39 Å². The minimum Gasteiger partial charge on any atom is -0.326 e. The topological polar surface area (TPSA) is 38.0 Å². The van der Waals surface area contributed by atoms with Crippen LogP contribution in [0.4, 0.5) is 4.39 Å². The standard InChI is InChI=1S/C14H23FN2/c1-14(2,16)9-3-10-17-11-8-12-4-6-13(15)7-5-12/h4-7,17H,3,8-11,16H2,1-2H3. The van der Waals surface area contributed by atoms with Crippen molar-refractivity contribution in [1.29, 1.82) is 0 Å². The van der Waals surface area contributed by atoms with Gasteiger partial charge >= 0.3 is 0 Å². The van der Waals surface area contributed by atoms with Crippen molar-refractivity contribution in [2.75, 3.05) is 13.1 Å². The molecule has 3 heteroatoms. The Bertz CT molecular complexity index is 314. The molecule has 0 aliphatic rings. The largest absolute Gasteiger partial charge is 0.326 e. The molecule has 0 radical (unpaired) electrons. The zero-order chi connectivity index (χ0) is 12.7. The van der Waals surface area contributed by atoms with Gasteiger partial charge in [0.2, 0.25) is 0 Å². The zero-order valence-corrected chi connectivity index (χ0v) is 10.8. The Morgan fingerprint density at radius 1 is 1.18 bits per heavy atom. The zero-order valence-electron chi connectivity index (χ0n) is 10.8. The van der Waals surface area contributed by atoms with E-state index in [1.54, 1.807) is 0 Å². The highest BCUT2D eigenvalue weighted by molar-refractivity contribution is 5.16. The lowest BCUT2D eigenvalue weighted by molar-refractivity contribution is 0.449. The van der Waals surface area contributed by atoms with Gasteiger partial charge in [0.1, 0.15) is 5.82 Å². The van der Waals surface area contributed by atoms with Crippen molar-refractivity contribution in [3.05, 3.63) is 35.6 Å². The molecule has 0 amide bonds. The molecule has 0 fully saturated rings. The van der Waals surface area contributed by atoms with Crippen LogP contribution >= 0.6 is 0 Å². The summed E-state index contributed by atoms with van der Waals surface area (Å²) in [5, 5.41) is 3.37. The highest BCUT2D eigenvalue weighted by atomic mass is 19.1. The number of hydrogen-bond donors (Lipinski definition) is 2. The van der Waals surface area contributed by atoms with E-state index in [1.165, 1.54) is 12.1 Å². The molecular weight excluding hydrogens is 215 g/mol. The number of hydrogen-bond acceptors (Lipinski definition) is 2. The van der Waals surface area contributed by atoms with Gasteiger partial charge in [-0.1, -0.05) is 12.1 Å². The maximum absolute atomic E-state index is 12.7. The predicted octanol–water partition coefficient (Wildman–Crippen LogP) is 2.48. The van der Waals surface area contributed by atoms with Crippen LogP contribution in [0.25, 0.3) is 0 Å². The molecule has 1 aromatic carbocycles. The summed E-state index contributed by atoms with van der Waals surface area (Å²) in [7, 11) is 0. The van der Waals surface area contributed by atoms with Crippen molar-refractivity contribution < 1.29 is 4.39 Å². The van der Waals surface area contributed by atoms with Crippen molar-refractivity contribution in [1.82, 2.24) is 5.32 Å². The molecule has 0 aliphatic carbocycles. The van der Waals surface area contributed by atoms with Crippen molar-refractivity contribution in [2.45, 2.75) is 38.6 Å². The lowest BCUT2D eigenvalue weighted by atomic mass is 10.0. The normalized spacial score (nSPS) is 11.8. The number of nitrogens with two attached hydrogens (primary N) is 1.